The number of hydrogen-bond acceptors (Lipinski definition) is 4. The number of nitrogens with zero attached hydrogens (tertiary/aromatic N) is 4. The van der Waals surface area contributed by atoms with E-state index in [9.17, 15) is 9.59 Å². The molecule has 0 spiro atoms. The molecule has 0 saturated heterocycles. The molecule has 4 aromatic rings. The van der Waals surface area contributed by atoms with Crippen molar-refractivity contribution in [2.75, 3.05) is 0 Å². The average molecular weight is 449 g/mol. The topological polar surface area (TPSA) is 90.0 Å². The molecule has 2 aromatic heterocycles. The Bertz CT molecular complexity index is 1450. The maximum atomic E-state index is 12.8. The van der Waals surface area contributed by atoms with E-state index in [4.69, 9.17) is 16.7 Å². The summed E-state index contributed by atoms with van der Waals surface area (Å²) in [6.07, 6.45) is 4.35. The molecule has 0 fully saturated rings. The Labute approximate surface area is 188 Å². The van der Waals surface area contributed by atoms with Crippen LogP contribution in [0.15, 0.2) is 53.6 Å². The lowest BCUT2D eigenvalue weighted by Gasteiger charge is -2.19. The lowest BCUT2D eigenvalue weighted by molar-refractivity contribution is -0.137. The highest BCUT2D eigenvalue weighted by Gasteiger charge is 2.38. The summed E-state index contributed by atoms with van der Waals surface area (Å²) in [7, 11) is 0. The molecule has 162 valence electrons. The summed E-state index contributed by atoms with van der Waals surface area (Å²) in [5, 5.41) is 14.0. The minimum absolute atomic E-state index is 0.115. The molecule has 5 rings (SSSR count). The third kappa shape index (κ3) is 3.12. The highest BCUT2D eigenvalue weighted by Crippen LogP contribution is 2.44. The zero-order chi connectivity index (χ0) is 22.6. The van der Waals surface area contributed by atoms with E-state index >= 15 is 0 Å². The van der Waals surface area contributed by atoms with Crippen LogP contribution in [0.25, 0.3) is 27.7 Å². The minimum atomic E-state index is -0.807. The summed E-state index contributed by atoms with van der Waals surface area (Å²) in [5.74, 6) is -0.118. The molecule has 0 radical (unpaired) electrons. The molecule has 7 nitrogen and oxygen atoms in total. The maximum absolute atomic E-state index is 12.8. The fourth-order valence-corrected chi connectivity index (χ4v) is 4.70. The van der Waals surface area contributed by atoms with Gasteiger partial charge in [0.25, 0.3) is 5.56 Å². The Morgan fingerprint density at radius 2 is 2.00 bits per heavy atom. The highest BCUT2D eigenvalue weighted by molar-refractivity contribution is 6.35. The van der Waals surface area contributed by atoms with Crippen molar-refractivity contribution in [2.45, 2.75) is 38.6 Å². The largest absolute Gasteiger partial charge is 0.481 e. The third-order valence-electron chi connectivity index (χ3n) is 6.08. The van der Waals surface area contributed by atoms with Gasteiger partial charge in [-0.1, -0.05) is 23.7 Å². The molecule has 1 N–H and O–H groups in total. The Morgan fingerprint density at radius 1 is 1.19 bits per heavy atom. The van der Waals surface area contributed by atoms with Gasteiger partial charge in [-0.3, -0.25) is 18.8 Å². The second kappa shape index (κ2) is 7.31. The number of carboxylic acids is 1. The molecule has 0 aliphatic carbocycles. The zero-order valence-corrected chi connectivity index (χ0v) is 18.4. The van der Waals surface area contributed by atoms with Gasteiger partial charge in [-0.15, -0.1) is 0 Å². The number of halogens is 1. The number of aryl methyl sites for hydroxylation is 1. The van der Waals surface area contributed by atoms with Crippen LogP contribution >= 0.6 is 11.6 Å². The molecule has 0 amide bonds. The number of aliphatic carboxylic acids is 1. The van der Waals surface area contributed by atoms with Gasteiger partial charge in [0.05, 0.1) is 33.2 Å². The number of carboxylic acid groups (broad SMARTS) is 1. The van der Waals surface area contributed by atoms with Crippen LogP contribution in [-0.2, 0) is 16.8 Å². The van der Waals surface area contributed by atoms with E-state index in [-0.39, 0.29) is 12.0 Å². The SMILES string of the molecule is CC1(C)c2cc(-c3cnn(CCCC(=O)O)c3)ccc2-n2c1nc(=O)c1c(Cl)cccc12. The smallest absolute Gasteiger partial charge is 0.303 e. The highest BCUT2D eigenvalue weighted by atomic mass is 35.5. The van der Waals surface area contributed by atoms with Gasteiger partial charge in [0.1, 0.15) is 5.82 Å². The number of carbonyl (C=O) groups is 1. The summed E-state index contributed by atoms with van der Waals surface area (Å²) in [5.41, 5.74) is 3.94. The van der Waals surface area contributed by atoms with Crippen LogP contribution in [0, 0.1) is 0 Å². The van der Waals surface area contributed by atoms with Gasteiger partial charge in [-0.2, -0.15) is 10.1 Å². The Morgan fingerprint density at radius 3 is 2.78 bits per heavy atom. The normalized spacial score (nSPS) is 13.8. The van der Waals surface area contributed by atoms with Crippen LogP contribution in [0.1, 0.15) is 38.1 Å². The van der Waals surface area contributed by atoms with Crippen LogP contribution < -0.4 is 5.56 Å². The molecule has 3 heterocycles. The van der Waals surface area contributed by atoms with E-state index in [0.29, 0.717) is 29.2 Å². The van der Waals surface area contributed by atoms with E-state index in [1.165, 1.54) is 0 Å². The van der Waals surface area contributed by atoms with Gasteiger partial charge in [0, 0.05) is 24.7 Å². The monoisotopic (exact) mass is 448 g/mol. The molecule has 0 saturated carbocycles. The fourth-order valence-electron chi connectivity index (χ4n) is 4.45. The van der Waals surface area contributed by atoms with Crippen molar-refractivity contribution in [2.24, 2.45) is 0 Å². The molecule has 8 heteroatoms. The second-order valence-electron chi connectivity index (χ2n) is 8.56. The maximum Gasteiger partial charge on any atom is 0.303 e. The third-order valence-corrected chi connectivity index (χ3v) is 6.39. The Hall–Kier alpha value is -3.45. The van der Waals surface area contributed by atoms with E-state index < -0.39 is 11.4 Å². The van der Waals surface area contributed by atoms with Crippen molar-refractivity contribution in [3.8, 4) is 16.8 Å². The van der Waals surface area contributed by atoms with E-state index in [1.807, 2.05) is 35.0 Å². The van der Waals surface area contributed by atoms with Crippen LogP contribution in [0.2, 0.25) is 5.02 Å². The molecular weight excluding hydrogens is 428 g/mol. The zero-order valence-electron chi connectivity index (χ0n) is 17.7. The van der Waals surface area contributed by atoms with Crippen molar-refractivity contribution < 1.29 is 9.90 Å². The first kappa shape index (κ1) is 20.5. The van der Waals surface area contributed by atoms with Crippen LogP contribution in [0.4, 0.5) is 0 Å². The standard InChI is InChI=1S/C24H21ClN4O3/c1-24(2)16-11-14(15-12-26-28(13-15)10-4-7-20(30)31)8-9-18(16)29-19-6-3-5-17(25)21(19)22(32)27-23(24)29/h3,5-6,8-9,11-13H,4,7,10H2,1-2H3,(H,30,31). The van der Waals surface area contributed by atoms with Gasteiger partial charge in [-0.05, 0) is 55.7 Å². The predicted octanol–water partition coefficient (Wildman–Crippen LogP) is 4.41. The molecule has 1 aliphatic heterocycles. The molecular formula is C24H21ClN4O3. The molecule has 0 unspecified atom stereocenters. The number of aromatic nitrogens is 4. The summed E-state index contributed by atoms with van der Waals surface area (Å²) in [6.45, 7) is 4.67. The first-order valence-electron chi connectivity index (χ1n) is 10.4. The predicted molar refractivity (Wildman–Crippen MR) is 123 cm³/mol. The summed E-state index contributed by atoms with van der Waals surface area (Å²) >= 11 is 6.33. The summed E-state index contributed by atoms with van der Waals surface area (Å²) < 4.78 is 3.79. The Kier molecular flexibility index (Phi) is 4.67. The number of benzene rings is 2. The van der Waals surface area contributed by atoms with Crippen molar-refractivity contribution >= 4 is 28.5 Å². The van der Waals surface area contributed by atoms with E-state index in [1.54, 1.807) is 16.9 Å². The van der Waals surface area contributed by atoms with Crippen molar-refractivity contribution in [3.63, 3.8) is 0 Å². The first-order valence-corrected chi connectivity index (χ1v) is 10.8. The van der Waals surface area contributed by atoms with Gasteiger partial charge < -0.3 is 5.11 Å². The van der Waals surface area contributed by atoms with Gasteiger partial charge in [0.15, 0.2) is 0 Å². The second-order valence-corrected chi connectivity index (χ2v) is 8.96. The lowest BCUT2D eigenvalue weighted by Crippen LogP contribution is -2.24. The van der Waals surface area contributed by atoms with Crippen LogP contribution in [0.3, 0.4) is 0 Å². The number of fused-ring (bicyclic) bond motifs is 5. The minimum Gasteiger partial charge on any atom is -0.481 e. The van der Waals surface area contributed by atoms with E-state index in [2.05, 4.69) is 30.0 Å². The average Bonchev–Trinajstić information content (AvgIpc) is 3.29. The quantitative estimate of drug-likeness (QED) is 0.488. The van der Waals surface area contributed by atoms with Crippen molar-refractivity contribution in [3.05, 3.63) is 75.6 Å². The van der Waals surface area contributed by atoms with Gasteiger partial charge in [0.2, 0.25) is 0 Å². The molecule has 2 aromatic carbocycles. The van der Waals surface area contributed by atoms with Gasteiger partial charge >= 0.3 is 5.97 Å². The fraction of sp³-hybridized carbons (Fsp3) is 0.250. The lowest BCUT2D eigenvalue weighted by atomic mass is 9.84. The van der Waals surface area contributed by atoms with Crippen LogP contribution in [0.5, 0.6) is 0 Å². The van der Waals surface area contributed by atoms with Gasteiger partial charge in [-0.25, -0.2) is 0 Å². The van der Waals surface area contributed by atoms with Crippen molar-refractivity contribution in [1.82, 2.24) is 19.3 Å². The van der Waals surface area contributed by atoms with Crippen LogP contribution in [-0.4, -0.2) is 30.4 Å². The number of hydrogen-bond donors (Lipinski definition) is 1. The first-order chi connectivity index (χ1) is 15.3. The molecule has 32 heavy (non-hydrogen) atoms. The number of rotatable bonds is 5. The summed E-state index contributed by atoms with van der Waals surface area (Å²) in [4.78, 5) is 27.9. The van der Waals surface area contributed by atoms with E-state index in [0.717, 1.165) is 27.9 Å². The van der Waals surface area contributed by atoms with Crippen molar-refractivity contribution in [1.29, 1.82) is 0 Å². The Balaban J connectivity index is 1.59. The molecule has 0 bridgehead atoms. The molecule has 0 atom stereocenters. The summed E-state index contributed by atoms with van der Waals surface area (Å²) in [6, 6.07) is 11.6. The molecule has 1 aliphatic rings.